The number of benzene rings is 1. The maximum Gasteiger partial charge on any atom is 0.272 e. The number of nitrogens with zero attached hydrogens (tertiary/aromatic N) is 4. The fraction of sp³-hybridized carbons (Fsp3) is 0.409. The number of hydrogen-bond donors (Lipinski definition) is 0. The Balaban J connectivity index is 1.57. The van der Waals surface area contributed by atoms with Crippen molar-refractivity contribution in [3.05, 3.63) is 65.7 Å². The predicted molar refractivity (Wildman–Crippen MR) is 109 cm³/mol. The number of carbonyl (C=O) groups excluding carboxylic acids is 2. The maximum atomic E-state index is 13.4. The van der Waals surface area contributed by atoms with Gasteiger partial charge in [-0.25, -0.2) is 4.39 Å². The van der Waals surface area contributed by atoms with E-state index in [-0.39, 0.29) is 23.7 Å². The van der Waals surface area contributed by atoms with Gasteiger partial charge in [-0.05, 0) is 43.2 Å². The lowest BCUT2D eigenvalue weighted by molar-refractivity contribution is -0.135. The predicted octanol–water partition coefficient (Wildman–Crippen LogP) is 2.42. The molecule has 29 heavy (non-hydrogen) atoms. The van der Waals surface area contributed by atoms with Gasteiger partial charge in [-0.1, -0.05) is 18.2 Å². The molecule has 1 fully saturated rings. The van der Waals surface area contributed by atoms with Crippen molar-refractivity contribution >= 4 is 11.8 Å². The first-order chi connectivity index (χ1) is 14.0. The van der Waals surface area contributed by atoms with E-state index >= 15 is 0 Å². The van der Waals surface area contributed by atoms with Crippen LogP contribution >= 0.6 is 0 Å². The van der Waals surface area contributed by atoms with E-state index in [9.17, 15) is 14.0 Å². The summed E-state index contributed by atoms with van der Waals surface area (Å²) < 4.78 is 13.4. The first-order valence-corrected chi connectivity index (χ1v) is 9.89. The van der Waals surface area contributed by atoms with E-state index < -0.39 is 0 Å². The van der Waals surface area contributed by atoms with E-state index in [0.717, 1.165) is 18.5 Å². The lowest BCUT2D eigenvalue weighted by Crippen LogP contribution is -2.47. The zero-order valence-electron chi connectivity index (χ0n) is 16.9. The summed E-state index contributed by atoms with van der Waals surface area (Å²) in [5.74, 6) is -0.394. The van der Waals surface area contributed by atoms with Crippen LogP contribution in [0.15, 0.2) is 48.7 Å². The molecule has 1 aliphatic heterocycles. The van der Waals surface area contributed by atoms with Crippen molar-refractivity contribution in [2.45, 2.75) is 25.9 Å². The van der Waals surface area contributed by atoms with Gasteiger partial charge in [-0.15, -0.1) is 0 Å². The van der Waals surface area contributed by atoms with Crippen LogP contribution in [0.5, 0.6) is 0 Å². The highest BCUT2D eigenvalue weighted by molar-refractivity contribution is 5.92. The van der Waals surface area contributed by atoms with Gasteiger partial charge in [0.25, 0.3) is 5.91 Å². The molecule has 1 saturated heterocycles. The number of hydrogen-bond acceptors (Lipinski definition) is 4. The van der Waals surface area contributed by atoms with Crippen molar-refractivity contribution in [2.75, 3.05) is 33.2 Å². The van der Waals surface area contributed by atoms with Crippen molar-refractivity contribution in [3.63, 3.8) is 0 Å². The number of aromatic nitrogens is 1. The molecule has 7 heteroatoms. The van der Waals surface area contributed by atoms with Gasteiger partial charge < -0.3 is 9.80 Å². The van der Waals surface area contributed by atoms with E-state index in [1.54, 1.807) is 47.3 Å². The molecule has 2 heterocycles. The third-order valence-corrected chi connectivity index (χ3v) is 5.29. The standard InChI is InChI=1S/C22H27FN4O2/c1-17(21(28)25(2)16-18-7-5-8-19(23)15-18)26-11-6-12-27(14-13-26)22(29)20-9-3-4-10-24-20/h3-5,7-10,15,17H,6,11-14,16H2,1-2H3/t17-/m1/s1. The minimum absolute atomic E-state index is 0.0150. The maximum absolute atomic E-state index is 13.4. The van der Waals surface area contributed by atoms with Crippen LogP contribution < -0.4 is 0 Å². The zero-order chi connectivity index (χ0) is 20.8. The molecule has 1 aromatic carbocycles. The highest BCUT2D eigenvalue weighted by Gasteiger charge is 2.28. The van der Waals surface area contributed by atoms with Crippen molar-refractivity contribution < 1.29 is 14.0 Å². The fourth-order valence-corrected chi connectivity index (χ4v) is 3.64. The Kier molecular flexibility index (Phi) is 6.93. The first kappa shape index (κ1) is 20.9. The summed E-state index contributed by atoms with van der Waals surface area (Å²) in [5.41, 5.74) is 1.20. The molecular formula is C22H27FN4O2. The second kappa shape index (κ2) is 9.60. The first-order valence-electron chi connectivity index (χ1n) is 9.89. The van der Waals surface area contributed by atoms with Crippen LogP contribution in [0, 0.1) is 5.82 Å². The third-order valence-electron chi connectivity index (χ3n) is 5.29. The second-order valence-electron chi connectivity index (χ2n) is 7.40. The molecule has 0 radical (unpaired) electrons. The van der Waals surface area contributed by atoms with E-state index in [1.807, 2.05) is 13.0 Å². The summed E-state index contributed by atoms with van der Waals surface area (Å²) in [5, 5.41) is 0. The van der Waals surface area contributed by atoms with E-state index in [1.165, 1.54) is 12.1 Å². The molecule has 6 nitrogen and oxygen atoms in total. The molecule has 154 valence electrons. The fourth-order valence-electron chi connectivity index (χ4n) is 3.64. The molecule has 2 aromatic rings. The minimum Gasteiger partial charge on any atom is -0.340 e. The molecule has 1 aromatic heterocycles. The molecule has 1 atom stereocenters. The van der Waals surface area contributed by atoms with Crippen LogP contribution in [0.4, 0.5) is 4.39 Å². The smallest absolute Gasteiger partial charge is 0.272 e. The molecule has 1 aliphatic rings. The van der Waals surface area contributed by atoms with Crippen LogP contribution in [0.1, 0.15) is 29.4 Å². The zero-order valence-corrected chi connectivity index (χ0v) is 16.9. The van der Waals surface area contributed by atoms with E-state index in [2.05, 4.69) is 9.88 Å². The normalized spacial score (nSPS) is 16.2. The summed E-state index contributed by atoms with van der Waals surface area (Å²) >= 11 is 0. The molecule has 0 N–H and O–H groups in total. The molecule has 3 rings (SSSR count). The summed E-state index contributed by atoms with van der Waals surface area (Å²) in [7, 11) is 1.73. The monoisotopic (exact) mass is 398 g/mol. The Morgan fingerprint density at radius 1 is 1.14 bits per heavy atom. The van der Waals surface area contributed by atoms with Gasteiger partial charge in [-0.3, -0.25) is 19.5 Å². The Bertz CT molecular complexity index is 846. The number of carbonyl (C=O) groups is 2. The van der Waals surface area contributed by atoms with Gasteiger partial charge >= 0.3 is 0 Å². The van der Waals surface area contributed by atoms with Gasteiger partial charge in [0.1, 0.15) is 11.5 Å². The average molecular weight is 398 g/mol. The van der Waals surface area contributed by atoms with Gasteiger partial charge in [0.05, 0.1) is 6.04 Å². The molecule has 0 unspecified atom stereocenters. The van der Waals surface area contributed by atoms with Crippen molar-refractivity contribution in [2.24, 2.45) is 0 Å². The summed E-state index contributed by atoms with van der Waals surface area (Å²) in [6.07, 6.45) is 2.41. The molecule has 0 bridgehead atoms. The lowest BCUT2D eigenvalue weighted by atomic mass is 10.2. The number of likely N-dealkylation sites (N-methyl/N-ethyl adjacent to an activating group) is 1. The Morgan fingerprint density at radius 2 is 1.97 bits per heavy atom. The number of rotatable bonds is 5. The van der Waals surface area contributed by atoms with Gasteiger partial charge in [0.15, 0.2) is 0 Å². The van der Waals surface area contributed by atoms with Crippen molar-refractivity contribution in [3.8, 4) is 0 Å². The summed E-state index contributed by atoms with van der Waals surface area (Å²) in [6.45, 7) is 4.82. The van der Waals surface area contributed by atoms with Gasteiger partial charge in [-0.2, -0.15) is 0 Å². The SMILES string of the molecule is C[C@H](C(=O)N(C)Cc1cccc(F)c1)N1CCCN(C(=O)c2ccccn2)CC1. The highest BCUT2D eigenvalue weighted by Crippen LogP contribution is 2.13. The Morgan fingerprint density at radius 3 is 2.69 bits per heavy atom. The van der Waals surface area contributed by atoms with Gasteiger partial charge in [0.2, 0.25) is 5.91 Å². The molecule has 0 spiro atoms. The third kappa shape index (κ3) is 5.38. The molecule has 2 amide bonds. The van der Waals surface area contributed by atoms with Crippen LogP contribution in [0.25, 0.3) is 0 Å². The second-order valence-corrected chi connectivity index (χ2v) is 7.40. The van der Waals surface area contributed by atoms with Crippen LogP contribution in [0.2, 0.25) is 0 Å². The molecule has 0 saturated carbocycles. The Hall–Kier alpha value is -2.80. The number of pyridine rings is 1. The average Bonchev–Trinajstić information content (AvgIpc) is 2.99. The van der Waals surface area contributed by atoms with Crippen LogP contribution in [0.3, 0.4) is 0 Å². The molecule has 0 aliphatic carbocycles. The number of amides is 2. The van der Waals surface area contributed by atoms with Crippen molar-refractivity contribution in [1.29, 1.82) is 0 Å². The Labute approximate surface area is 170 Å². The summed E-state index contributed by atoms with van der Waals surface area (Å²) in [4.78, 5) is 35.2. The van der Waals surface area contributed by atoms with Crippen LogP contribution in [-0.4, -0.2) is 70.8 Å². The van der Waals surface area contributed by atoms with Crippen molar-refractivity contribution in [1.82, 2.24) is 19.7 Å². The highest BCUT2D eigenvalue weighted by atomic mass is 19.1. The van der Waals surface area contributed by atoms with E-state index in [0.29, 0.717) is 31.9 Å². The minimum atomic E-state index is -0.307. The summed E-state index contributed by atoms with van der Waals surface area (Å²) in [6, 6.07) is 11.3. The van der Waals surface area contributed by atoms with Gasteiger partial charge in [0, 0.05) is 46.0 Å². The van der Waals surface area contributed by atoms with Crippen LogP contribution in [-0.2, 0) is 11.3 Å². The topological polar surface area (TPSA) is 56.8 Å². The largest absolute Gasteiger partial charge is 0.340 e. The quantitative estimate of drug-likeness (QED) is 0.776. The lowest BCUT2D eigenvalue weighted by Gasteiger charge is -2.30. The van der Waals surface area contributed by atoms with E-state index in [4.69, 9.17) is 0 Å². The number of halogens is 1. The molecular weight excluding hydrogens is 371 g/mol.